The molecule has 0 aliphatic carbocycles. The van der Waals surface area contributed by atoms with Gasteiger partial charge in [0, 0.05) is 12.1 Å². The topological polar surface area (TPSA) is 42.8 Å². The Balaban J connectivity index is 2.08. The molecule has 19 heavy (non-hydrogen) atoms. The Hall–Kier alpha value is -1.60. The van der Waals surface area contributed by atoms with Gasteiger partial charge in [0.1, 0.15) is 12.4 Å². The number of benzene rings is 1. The molecule has 0 amide bonds. The predicted octanol–water partition coefficient (Wildman–Crippen LogP) is 2.75. The summed E-state index contributed by atoms with van der Waals surface area (Å²) in [6.45, 7) is -0.382. The van der Waals surface area contributed by atoms with Crippen LogP contribution in [0.15, 0.2) is 30.3 Å². The van der Waals surface area contributed by atoms with Crippen LogP contribution in [0.1, 0.15) is 5.82 Å². The maximum atomic E-state index is 11.9. The lowest BCUT2D eigenvalue weighted by atomic mass is 10.3. The summed E-state index contributed by atoms with van der Waals surface area (Å²) in [6, 6.07) is 9.48. The molecule has 1 heterocycles. The van der Waals surface area contributed by atoms with E-state index in [2.05, 4.69) is 10.2 Å². The van der Waals surface area contributed by atoms with Crippen molar-refractivity contribution in [2.75, 3.05) is 13.2 Å². The number of aromatic amines is 1. The zero-order chi connectivity index (χ0) is 13.7. The standard InChI is InChI=1S/C12H13F2N3OS/c13-10(14)8-18-7-6-11-15-16-12(19)17(11)9-4-2-1-3-5-9/h1-5,10H,6-8H2,(H,16,19). The van der Waals surface area contributed by atoms with Crippen LogP contribution in [-0.4, -0.2) is 34.4 Å². The molecule has 0 fully saturated rings. The molecular weight excluding hydrogens is 272 g/mol. The second-order valence-electron chi connectivity index (χ2n) is 3.83. The number of alkyl halides is 2. The summed E-state index contributed by atoms with van der Waals surface area (Å²) >= 11 is 5.16. The maximum Gasteiger partial charge on any atom is 0.261 e. The third kappa shape index (κ3) is 3.68. The van der Waals surface area contributed by atoms with Crippen molar-refractivity contribution in [3.63, 3.8) is 0 Å². The fourth-order valence-electron chi connectivity index (χ4n) is 1.68. The van der Waals surface area contributed by atoms with Crippen molar-refractivity contribution in [2.24, 2.45) is 0 Å². The van der Waals surface area contributed by atoms with Gasteiger partial charge in [-0.3, -0.25) is 9.67 Å². The van der Waals surface area contributed by atoms with Crippen LogP contribution in [-0.2, 0) is 11.2 Å². The summed E-state index contributed by atoms with van der Waals surface area (Å²) < 4.78 is 31.0. The zero-order valence-corrected chi connectivity index (χ0v) is 10.9. The predicted molar refractivity (Wildman–Crippen MR) is 69.3 cm³/mol. The molecule has 102 valence electrons. The van der Waals surface area contributed by atoms with Gasteiger partial charge in [0.25, 0.3) is 6.43 Å². The molecule has 0 saturated heterocycles. The lowest BCUT2D eigenvalue weighted by Crippen LogP contribution is -2.10. The van der Waals surface area contributed by atoms with Gasteiger partial charge < -0.3 is 4.74 Å². The lowest BCUT2D eigenvalue weighted by molar-refractivity contribution is 0.0182. The van der Waals surface area contributed by atoms with E-state index >= 15 is 0 Å². The van der Waals surface area contributed by atoms with Gasteiger partial charge in [-0.25, -0.2) is 8.78 Å². The third-order valence-electron chi connectivity index (χ3n) is 2.47. The Kier molecular flexibility index (Phi) is 4.75. The molecule has 1 aromatic heterocycles. The molecule has 0 bridgehead atoms. The van der Waals surface area contributed by atoms with Crippen LogP contribution in [0.5, 0.6) is 0 Å². The lowest BCUT2D eigenvalue weighted by Gasteiger charge is -2.07. The van der Waals surface area contributed by atoms with Gasteiger partial charge >= 0.3 is 0 Å². The van der Waals surface area contributed by atoms with Gasteiger partial charge in [-0.2, -0.15) is 5.10 Å². The van der Waals surface area contributed by atoms with Gasteiger partial charge in [0.05, 0.1) is 6.61 Å². The van der Waals surface area contributed by atoms with E-state index in [0.717, 1.165) is 5.69 Å². The molecule has 0 unspecified atom stereocenters. The van der Waals surface area contributed by atoms with Gasteiger partial charge in [0.2, 0.25) is 0 Å². The Labute approximate surface area is 114 Å². The van der Waals surface area contributed by atoms with Gasteiger partial charge in [-0.1, -0.05) is 18.2 Å². The van der Waals surface area contributed by atoms with E-state index in [1.165, 1.54) is 0 Å². The highest BCUT2D eigenvalue weighted by molar-refractivity contribution is 7.71. The average Bonchev–Trinajstić information content (AvgIpc) is 2.77. The monoisotopic (exact) mass is 285 g/mol. The largest absolute Gasteiger partial charge is 0.375 e. The fourth-order valence-corrected chi connectivity index (χ4v) is 1.93. The first-order chi connectivity index (χ1) is 9.18. The van der Waals surface area contributed by atoms with Crippen molar-refractivity contribution < 1.29 is 13.5 Å². The highest BCUT2D eigenvalue weighted by Gasteiger charge is 2.08. The zero-order valence-electron chi connectivity index (χ0n) is 10.1. The van der Waals surface area contributed by atoms with Crippen LogP contribution >= 0.6 is 12.2 Å². The van der Waals surface area contributed by atoms with Crippen molar-refractivity contribution in [1.82, 2.24) is 14.8 Å². The number of aromatic nitrogens is 3. The number of ether oxygens (including phenoxy) is 1. The van der Waals surface area contributed by atoms with E-state index in [-0.39, 0.29) is 6.61 Å². The van der Waals surface area contributed by atoms with Crippen molar-refractivity contribution in [3.05, 3.63) is 40.9 Å². The van der Waals surface area contributed by atoms with Gasteiger partial charge in [0.15, 0.2) is 4.77 Å². The number of nitrogens with one attached hydrogen (secondary N) is 1. The van der Waals surface area contributed by atoms with Crippen molar-refractivity contribution >= 4 is 12.2 Å². The minimum absolute atomic E-state index is 0.177. The van der Waals surface area contributed by atoms with Crippen LogP contribution in [0.2, 0.25) is 0 Å². The number of H-pyrrole nitrogens is 1. The van der Waals surface area contributed by atoms with E-state index < -0.39 is 13.0 Å². The first kappa shape index (κ1) is 13.8. The van der Waals surface area contributed by atoms with Crippen molar-refractivity contribution in [3.8, 4) is 5.69 Å². The van der Waals surface area contributed by atoms with E-state index in [1.807, 2.05) is 30.3 Å². The molecule has 2 rings (SSSR count). The molecule has 1 aromatic carbocycles. The van der Waals surface area contributed by atoms with E-state index in [1.54, 1.807) is 4.57 Å². The number of halogens is 2. The van der Waals surface area contributed by atoms with Crippen LogP contribution in [0.4, 0.5) is 8.78 Å². The normalized spacial score (nSPS) is 11.1. The number of hydrogen-bond donors (Lipinski definition) is 1. The highest BCUT2D eigenvalue weighted by atomic mass is 32.1. The molecule has 2 aromatic rings. The Morgan fingerprint density at radius 3 is 2.74 bits per heavy atom. The van der Waals surface area contributed by atoms with Crippen LogP contribution < -0.4 is 0 Å². The van der Waals surface area contributed by atoms with Crippen LogP contribution in [0.25, 0.3) is 5.69 Å². The van der Waals surface area contributed by atoms with Crippen LogP contribution in [0, 0.1) is 4.77 Å². The van der Waals surface area contributed by atoms with Crippen molar-refractivity contribution in [2.45, 2.75) is 12.8 Å². The summed E-state index contributed by atoms with van der Waals surface area (Å²) in [7, 11) is 0. The second-order valence-corrected chi connectivity index (χ2v) is 4.22. The summed E-state index contributed by atoms with van der Waals surface area (Å²) in [5.74, 6) is 0.658. The minimum Gasteiger partial charge on any atom is -0.375 e. The summed E-state index contributed by atoms with van der Waals surface area (Å²) in [6.07, 6.45) is -2.04. The Morgan fingerprint density at radius 2 is 2.05 bits per heavy atom. The average molecular weight is 285 g/mol. The molecule has 0 aliphatic rings. The SMILES string of the molecule is FC(F)COCCc1n[nH]c(=S)n1-c1ccccc1. The summed E-state index contributed by atoms with van der Waals surface area (Å²) in [5.41, 5.74) is 0.880. The first-order valence-corrected chi connectivity index (χ1v) is 6.17. The molecular formula is C12H13F2N3OS. The summed E-state index contributed by atoms with van der Waals surface area (Å²) in [4.78, 5) is 0. The summed E-state index contributed by atoms with van der Waals surface area (Å²) in [5, 5.41) is 6.78. The molecule has 0 atom stereocenters. The molecule has 4 nitrogen and oxygen atoms in total. The maximum absolute atomic E-state index is 11.9. The quantitative estimate of drug-likeness (QED) is 0.655. The van der Waals surface area contributed by atoms with E-state index in [0.29, 0.717) is 17.0 Å². The molecule has 0 radical (unpaired) electrons. The smallest absolute Gasteiger partial charge is 0.261 e. The van der Waals surface area contributed by atoms with E-state index in [4.69, 9.17) is 17.0 Å². The van der Waals surface area contributed by atoms with E-state index in [9.17, 15) is 8.78 Å². The van der Waals surface area contributed by atoms with Crippen LogP contribution in [0.3, 0.4) is 0 Å². The second kappa shape index (κ2) is 6.53. The number of hydrogen-bond acceptors (Lipinski definition) is 3. The Bertz CT molecular complexity index is 568. The fraction of sp³-hybridized carbons (Fsp3) is 0.333. The van der Waals surface area contributed by atoms with Gasteiger partial charge in [-0.05, 0) is 24.4 Å². The molecule has 1 N–H and O–H groups in total. The molecule has 7 heteroatoms. The number of nitrogens with zero attached hydrogens (tertiary/aromatic N) is 2. The number of para-hydroxylation sites is 1. The highest BCUT2D eigenvalue weighted by Crippen LogP contribution is 2.11. The van der Waals surface area contributed by atoms with Crippen molar-refractivity contribution in [1.29, 1.82) is 0 Å². The Morgan fingerprint density at radius 1 is 1.32 bits per heavy atom. The third-order valence-corrected chi connectivity index (χ3v) is 2.74. The molecule has 0 saturated carbocycles. The molecule has 0 spiro atoms. The van der Waals surface area contributed by atoms with Gasteiger partial charge in [-0.15, -0.1) is 0 Å². The number of rotatable bonds is 6. The minimum atomic E-state index is -2.45. The first-order valence-electron chi connectivity index (χ1n) is 5.76. The molecule has 0 aliphatic heterocycles.